The van der Waals surface area contributed by atoms with Crippen molar-refractivity contribution in [1.29, 1.82) is 0 Å². The summed E-state index contributed by atoms with van der Waals surface area (Å²) < 4.78 is 18.4. The molecule has 1 aliphatic heterocycles. The number of halogens is 1. The lowest BCUT2D eigenvalue weighted by Crippen LogP contribution is -2.50. The number of hydrogen-bond acceptors (Lipinski definition) is 4. The van der Waals surface area contributed by atoms with E-state index in [4.69, 9.17) is 4.74 Å². The molecule has 1 fully saturated rings. The van der Waals surface area contributed by atoms with Crippen molar-refractivity contribution in [1.82, 2.24) is 4.90 Å². The molecule has 27 heavy (non-hydrogen) atoms. The summed E-state index contributed by atoms with van der Waals surface area (Å²) in [7, 11) is 0. The van der Waals surface area contributed by atoms with Crippen LogP contribution in [0.2, 0.25) is 0 Å². The van der Waals surface area contributed by atoms with E-state index in [1.807, 2.05) is 11.0 Å². The number of esters is 1. The number of rotatable bonds is 4. The molecule has 0 saturated carbocycles. The van der Waals surface area contributed by atoms with Crippen LogP contribution in [0.3, 0.4) is 0 Å². The fourth-order valence-electron chi connectivity index (χ4n) is 3.01. The number of piperazine rings is 1. The van der Waals surface area contributed by atoms with Crippen LogP contribution in [0.5, 0.6) is 0 Å². The quantitative estimate of drug-likeness (QED) is 0.838. The zero-order valence-electron chi connectivity index (χ0n) is 15.2. The highest BCUT2D eigenvalue weighted by molar-refractivity contribution is 6.00. The van der Waals surface area contributed by atoms with E-state index in [-0.39, 0.29) is 18.5 Å². The number of nitrogens with zero attached hydrogens (tertiary/aromatic N) is 2. The number of urea groups is 1. The molecule has 142 valence electrons. The molecular weight excluding hydrogens is 349 g/mol. The summed E-state index contributed by atoms with van der Waals surface area (Å²) in [5.74, 6) is -0.743. The van der Waals surface area contributed by atoms with Crippen LogP contribution >= 0.6 is 0 Å². The summed E-state index contributed by atoms with van der Waals surface area (Å²) in [4.78, 5) is 28.3. The lowest BCUT2D eigenvalue weighted by atomic mass is 10.2. The number of carbonyl (C=O) groups is 2. The van der Waals surface area contributed by atoms with Gasteiger partial charge in [-0.1, -0.05) is 18.2 Å². The molecule has 1 saturated heterocycles. The number of anilines is 2. The highest BCUT2D eigenvalue weighted by Crippen LogP contribution is 2.20. The third-order valence-electron chi connectivity index (χ3n) is 4.40. The van der Waals surface area contributed by atoms with Gasteiger partial charge in [0.15, 0.2) is 0 Å². The van der Waals surface area contributed by atoms with Crippen molar-refractivity contribution in [3.63, 3.8) is 0 Å². The maximum absolute atomic E-state index is 13.4. The number of carbonyl (C=O) groups excluding carboxylic acids is 2. The minimum atomic E-state index is -0.468. The standard InChI is InChI=1S/C20H22FN3O3/c1-2-27-19(25)17-8-3-4-9-18(17)22-20(26)24-12-10-23(11-13-24)16-7-5-6-15(21)14-16/h3-9,14H,2,10-13H2,1H3,(H,22,26). The molecule has 2 aromatic carbocycles. The first kappa shape index (κ1) is 18.7. The van der Waals surface area contributed by atoms with E-state index in [2.05, 4.69) is 5.32 Å². The van der Waals surface area contributed by atoms with Crippen LogP contribution in [0, 0.1) is 5.82 Å². The van der Waals surface area contributed by atoms with Gasteiger partial charge in [-0.05, 0) is 37.3 Å². The monoisotopic (exact) mass is 371 g/mol. The summed E-state index contributed by atoms with van der Waals surface area (Å²) in [5, 5.41) is 2.79. The Morgan fingerprint density at radius 1 is 1.07 bits per heavy atom. The van der Waals surface area contributed by atoms with Crippen LogP contribution in [-0.2, 0) is 4.74 Å². The van der Waals surface area contributed by atoms with Gasteiger partial charge in [-0.3, -0.25) is 0 Å². The Bertz CT molecular complexity index is 820. The lowest BCUT2D eigenvalue weighted by molar-refractivity contribution is 0.0527. The SMILES string of the molecule is CCOC(=O)c1ccccc1NC(=O)N1CCN(c2cccc(F)c2)CC1. The number of benzene rings is 2. The largest absolute Gasteiger partial charge is 0.462 e. The molecule has 0 bridgehead atoms. The predicted molar refractivity (Wildman–Crippen MR) is 102 cm³/mol. The third kappa shape index (κ3) is 4.55. The van der Waals surface area contributed by atoms with Gasteiger partial charge in [-0.2, -0.15) is 0 Å². The second-order valence-electron chi connectivity index (χ2n) is 6.15. The van der Waals surface area contributed by atoms with Crippen LogP contribution in [-0.4, -0.2) is 49.7 Å². The maximum atomic E-state index is 13.4. The van der Waals surface area contributed by atoms with E-state index in [9.17, 15) is 14.0 Å². The number of nitrogens with one attached hydrogen (secondary N) is 1. The molecule has 0 radical (unpaired) electrons. The Labute approximate surface area is 157 Å². The van der Waals surface area contributed by atoms with E-state index in [0.29, 0.717) is 37.4 Å². The zero-order chi connectivity index (χ0) is 19.2. The number of ether oxygens (including phenoxy) is 1. The summed E-state index contributed by atoms with van der Waals surface area (Å²) in [6.45, 7) is 4.22. The molecular formula is C20H22FN3O3. The van der Waals surface area contributed by atoms with E-state index in [1.165, 1.54) is 12.1 Å². The maximum Gasteiger partial charge on any atom is 0.340 e. The molecule has 0 atom stereocenters. The first-order chi connectivity index (χ1) is 13.1. The summed E-state index contributed by atoms with van der Waals surface area (Å²) in [6, 6.07) is 12.9. The minimum Gasteiger partial charge on any atom is -0.462 e. The fraction of sp³-hybridized carbons (Fsp3) is 0.300. The molecule has 7 heteroatoms. The number of amides is 2. The summed E-state index contributed by atoms with van der Waals surface area (Å²) in [6.07, 6.45) is 0. The smallest absolute Gasteiger partial charge is 0.340 e. The van der Waals surface area contributed by atoms with Gasteiger partial charge in [0.1, 0.15) is 5.82 Å². The van der Waals surface area contributed by atoms with Crippen molar-refractivity contribution in [2.45, 2.75) is 6.92 Å². The van der Waals surface area contributed by atoms with Gasteiger partial charge in [-0.15, -0.1) is 0 Å². The highest BCUT2D eigenvalue weighted by Gasteiger charge is 2.23. The van der Waals surface area contributed by atoms with Crippen LogP contribution in [0.4, 0.5) is 20.6 Å². The third-order valence-corrected chi connectivity index (χ3v) is 4.40. The first-order valence-electron chi connectivity index (χ1n) is 8.91. The minimum absolute atomic E-state index is 0.267. The molecule has 0 aromatic heterocycles. The van der Waals surface area contributed by atoms with Crippen molar-refractivity contribution >= 4 is 23.4 Å². The van der Waals surface area contributed by atoms with Gasteiger partial charge in [0.2, 0.25) is 0 Å². The molecule has 0 unspecified atom stereocenters. The van der Waals surface area contributed by atoms with Gasteiger partial charge in [0.25, 0.3) is 0 Å². The van der Waals surface area contributed by atoms with Gasteiger partial charge in [-0.25, -0.2) is 14.0 Å². The number of hydrogen-bond donors (Lipinski definition) is 1. The Morgan fingerprint density at radius 3 is 2.52 bits per heavy atom. The first-order valence-corrected chi connectivity index (χ1v) is 8.91. The van der Waals surface area contributed by atoms with Gasteiger partial charge < -0.3 is 19.9 Å². The Balaban J connectivity index is 1.61. The summed E-state index contributed by atoms with van der Waals surface area (Å²) in [5.41, 5.74) is 1.56. The predicted octanol–water partition coefficient (Wildman–Crippen LogP) is 3.36. The molecule has 0 spiro atoms. The second-order valence-corrected chi connectivity index (χ2v) is 6.15. The van der Waals surface area contributed by atoms with Crippen LogP contribution in [0.25, 0.3) is 0 Å². The van der Waals surface area contributed by atoms with Gasteiger partial charge in [0.05, 0.1) is 17.9 Å². The molecule has 1 aliphatic rings. The Hall–Kier alpha value is -3.09. The number of para-hydroxylation sites is 1. The topological polar surface area (TPSA) is 61.9 Å². The van der Waals surface area contributed by atoms with Crippen LogP contribution in [0.15, 0.2) is 48.5 Å². The Kier molecular flexibility index (Phi) is 5.90. The van der Waals surface area contributed by atoms with Crippen molar-refractivity contribution in [3.05, 3.63) is 59.9 Å². The molecule has 0 aliphatic carbocycles. The van der Waals surface area contributed by atoms with Crippen LogP contribution < -0.4 is 10.2 Å². The van der Waals surface area contributed by atoms with Crippen LogP contribution in [0.1, 0.15) is 17.3 Å². The molecule has 2 amide bonds. The van der Waals surface area contributed by atoms with Crippen molar-refractivity contribution in [2.24, 2.45) is 0 Å². The second kappa shape index (κ2) is 8.53. The zero-order valence-corrected chi connectivity index (χ0v) is 15.2. The van der Waals surface area contributed by atoms with E-state index in [1.54, 1.807) is 42.2 Å². The molecule has 1 heterocycles. The average molecular weight is 371 g/mol. The van der Waals surface area contributed by atoms with E-state index in [0.717, 1.165) is 5.69 Å². The van der Waals surface area contributed by atoms with E-state index < -0.39 is 5.97 Å². The Morgan fingerprint density at radius 2 is 1.81 bits per heavy atom. The summed E-state index contributed by atoms with van der Waals surface area (Å²) >= 11 is 0. The normalized spacial score (nSPS) is 14.0. The molecule has 1 N–H and O–H groups in total. The highest BCUT2D eigenvalue weighted by atomic mass is 19.1. The van der Waals surface area contributed by atoms with Gasteiger partial charge in [0, 0.05) is 31.9 Å². The van der Waals surface area contributed by atoms with Gasteiger partial charge >= 0.3 is 12.0 Å². The average Bonchev–Trinajstić information content (AvgIpc) is 2.68. The van der Waals surface area contributed by atoms with E-state index >= 15 is 0 Å². The van der Waals surface area contributed by atoms with Crippen molar-refractivity contribution < 1.29 is 18.7 Å². The molecule has 2 aromatic rings. The lowest BCUT2D eigenvalue weighted by Gasteiger charge is -2.36. The van der Waals surface area contributed by atoms with Crippen molar-refractivity contribution in [3.8, 4) is 0 Å². The molecule has 6 nitrogen and oxygen atoms in total. The molecule has 3 rings (SSSR count). The van der Waals surface area contributed by atoms with Crippen molar-refractivity contribution in [2.75, 3.05) is 43.0 Å². The fourth-order valence-corrected chi connectivity index (χ4v) is 3.01.